The van der Waals surface area contributed by atoms with Crippen molar-refractivity contribution in [3.05, 3.63) is 78.4 Å². The van der Waals surface area contributed by atoms with Crippen LogP contribution in [0.4, 0.5) is 5.69 Å². The van der Waals surface area contributed by atoms with E-state index in [-0.39, 0.29) is 0 Å². The van der Waals surface area contributed by atoms with Crippen LogP contribution in [0.25, 0.3) is 0 Å². The molecule has 1 nitrogen and oxygen atoms in total. The summed E-state index contributed by atoms with van der Waals surface area (Å²) in [5, 5.41) is 0. The molecule has 0 spiro atoms. The van der Waals surface area contributed by atoms with Gasteiger partial charge in [0.25, 0.3) is 0 Å². The Labute approximate surface area is 119 Å². The molecule has 0 bridgehead atoms. The lowest BCUT2D eigenvalue weighted by Gasteiger charge is -2.35. The van der Waals surface area contributed by atoms with Crippen LogP contribution in [0.2, 0.25) is 0 Å². The lowest BCUT2D eigenvalue weighted by atomic mass is 9.98. The molecule has 3 rings (SSSR count). The quantitative estimate of drug-likeness (QED) is 0.734. The highest BCUT2D eigenvalue weighted by Crippen LogP contribution is 2.33. The third-order valence-electron chi connectivity index (χ3n) is 3.39. The summed E-state index contributed by atoms with van der Waals surface area (Å²) in [6.45, 7) is 0. The first-order valence-electron chi connectivity index (χ1n) is 6.46. The van der Waals surface area contributed by atoms with Gasteiger partial charge in [-0.25, -0.2) is 0 Å². The molecule has 1 aliphatic rings. The van der Waals surface area contributed by atoms with Crippen molar-refractivity contribution in [2.75, 3.05) is 4.90 Å². The fourth-order valence-electron chi connectivity index (χ4n) is 2.49. The van der Waals surface area contributed by atoms with E-state index in [4.69, 9.17) is 12.2 Å². The van der Waals surface area contributed by atoms with Gasteiger partial charge in [-0.05, 0) is 30.2 Å². The maximum atomic E-state index is 5.53. The lowest BCUT2D eigenvalue weighted by molar-refractivity contribution is 0.718. The summed E-state index contributed by atoms with van der Waals surface area (Å²) in [5.74, 6) is 0. The molecule has 94 valence electrons. The number of nitrogens with zero attached hydrogens (tertiary/aromatic N) is 1. The van der Waals surface area contributed by atoms with Crippen LogP contribution in [0, 0.1) is 0 Å². The van der Waals surface area contributed by atoms with E-state index in [1.807, 2.05) is 18.2 Å². The van der Waals surface area contributed by atoms with Crippen molar-refractivity contribution in [1.82, 2.24) is 0 Å². The number of anilines is 1. The van der Waals surface area contributed by atoms with Crippen molar-refractivity contribution in [3.63, 3.8) is 0 Å². The van der Waals surface area contributed by atoms with E-state index in [1.54, 1.807) is 0 Å². The molecule has 0 aliphatic carbocycles. The molecule has 0 saturated carbocycles. The van der Waals surface area contributed by atoms with Gasteiger partial charge in [-0.1, -0.05) is 66.8 Å². The van der Waals surface area contributed by atoms with Gasteiger partial charge in [0.1, 0.15) is 4.99 Å². The van der Waals surface area contributed by atoms with Crippen LogP contribution in [-0.4, -0.2) is 4.99 Å². The number of thiocarbonyl (C=S) groups is 1. The largest absolute Gasteiger partial charge is 0.325 e. The Hall–Kier alpha value is -1.93. The topological polar surface area (TPSA) is 3.24 Å². The van der Waals surface area contributed by atoms with Crippen LogP contribution < -0.4 is 4.90 Å². The second-order valence-corrected chi connectivity index (χ2v) is 5.03. The molecule has 0 radical (unpaired) electrons. The van der Waals surface area contributed by atoms with Crippen molar-refractivity contribution < 1.29 is 0 Å². The minimum absolute atomic E-state index is 0.293. The Bertz CT molecular complexity index is 589. The number of hydrogen-bond donors (Lipinski definition) is 0. The molecule has 2 heteroatoms. The van der Waals surface area contributed by atoms with Gasteiger partial charge in [-0.2, -0.15) is 0 Å². The molecule has 2 aromatic carbocycles. The summed E-state index contributed by atoms with van der Waals surface area (Å²) in [6, 6.07) is 21.2. The molecule has 0 N–H and O–H groups in total. The minimum atomic E-state index is 0.293. The minimum Gasteiger partial charge on any atom is -0.325 e. The second kappa shape index (κ2) is 5.37. The summed E-state index contributed by atoms with van der Waals surface area (Å²) in [7, 11) is 0. The van der Waals surface area contributed by atoms with Crippen LogP contribution >= 0.6 is 12.2 Å². The predicted octanol–water partition coefficient (Wildman–Crippen LogP) is 4.52. The Morgan fingerprint density at radius 3 is 2.21 bits per heavy atom. The van der Waals surface area contributed by atoms with Crippen molar-refractivity contribution in [2.24, 2.45) is 0 Å². The van der Waals surface area contributed by atoms with Crippen molar-refractivity contribution in [1.29, 1.82) is 0 Å². The van der Waals surface area contributed by atoms with E-state index in [1.165, 1.54) is 5.56 Å². The third kappa shape index (κ3) is 2.45. The third-order valence-corrected chi connectivity index (χ3v) is 3.72. The lowest BCUT2D eigenvalue weighted by Crippen LogP contribution is -2.34. The van der Waals surface area contributed by atoms with Gasteiger partial charge in [-0.3, -0.25) is 0 Å². The molecule has 1 atom stereocenters. The predicted molar refractivity (Wildman–Crippen MR) is 84.5 cm³/mol. The Kier molecular flexibility index (Phi) is 3.43. The summed E-state index contributed by atoms with van der Waals surface area (Å²) in [5.41, 5.74) is 2.46. The first-order chi connectivity index (χ1) is 9.36. The maximum absolute atomic E-state index is 5.53. The molecule has 0 aromatic heterocycles. The highest BCUT2D eigenvalue weighted by atomic mass is 32.1. The Morgan fingerprint density at radius 1 is 0.895 bits per heavy atom. The summed E-state index contributed by atoms with van der Waals surface area (Å²) in [4.78, 5) is 3.12. The van der Waals surface area contributed by atoms with Crippen LogP contribution in [0.5, 0.6) is 0 Å². The molecule has 19 heavy (non-hydrogen) atoms. The van der Waals surface area contributed by atoms with Gasteiger partial charge >= 0.3 is 0 Å². The van der Waals surface area contributed by atoms with Crippen LogP contribution in [0.3, 0.4) is 0 Å². The summed E-state index contributed by atoms with van der Waals surface area (Å²) >= 11 is 5.53. The van der Waals surface area contributed by atoms with Crippen molar-refractivity contribution in [2.45, 2.75) is 12.5 Å². The highest BCUT2D eigenvalue weighted by molar-refractivity contribution is 7.81. The van der Waals surface area contributed by atoms with Crippen molar-refractivity contribution >= 4 is 22.9 Å². The monoisotopic (exact) mass is 265 g/mol. The molecule has 0 amide bonds. The fraction of sp³-hybridized carbons (Fsp3) is 0.118. The molecule has 0 saturated heterocycles. The average Bonchev–Trinajstić information content (AvgIpc) is 2.49. The first-order valence-corrected chi connectivity index (χ1v) is 6.87. The molecule has 1 aliphatic heterocycles. The zero-order valence-electron chi connectivity index (χ0n) is 10.6. The van der Waals surface area contributed by atoms with Gasteiger partial charge < -0.3 is 4.90 Å². The Morgan fingerprint density at radius 2 is 1.53 bits per heavy atom. The van der Waals surface area contributed by atoms with E-state index in [9.17, 15) is 0 Å². The average molecular weight is 265 g/mol. The van der Waals surface area contributed by atoms with E-state index >= 15 is 0 Å². The standard InChI is InChI=1S/C17H15NS/c19-17-13-7-12-16(14-8-3-1-4-9-14)18(17)15-10-5-2-6-11-15/h1-11,13,16H,12H2. The number of para-hydroxylation sites is 1. The molecule has 0 fully saturated rings. The smallest absolute Gasteiger partial charge is 0.106 e. The molecular weight excluding hydrogens is 250 g/mol. The van der Waals surface area contributed by atoms with Crippen molar-refractivity contribution in [3.8, 4) is 0 Å². The molecule has 1 heterocycles. The number of rotatable bonds is 2. The Balaban J connectivity index is 2.03. The number of hydrogen-bond acceptors (Lipinski definition) is 1. The fourth-order valence-corrected chi connectivity index (χ4v) is 2.82. The van der Waals surface area contributed by atoms with E-state index in [2.05, 4.69) is 59.5 Å². The van der Waals surface area contributed by atoms with Crippen LogP contribution in [0.1, 0.15) is 18.0 Å². The molecule has 1 unspecified atom stereocenters. The normalized spacial score (nSPS) is 18.6. The highest BCUT2D eigenvalue weighted by Gasteiger charge is 2.24. The van der Waals surface area contributed by atoms with Gasteiger partial charge in [0.05, 0.1) is 6.04 Å². The molecular formula is C17H15NS. The van der Waals surface area contributed by atoms with E-state index in [0.717, 1.165) is 17.1 Å². The summed E-state index contributed by atoms with van der Waals surface area (Å²) < 4.78 is 0. The van der Waals surface area contributed by atoms with E-state index in [0.29, 0.717) is 6.04 Å². The zero-order valence-corrected chi connectivity index (χ0v) is 11.4. The second-order valence-electron chi connectivity index (χ2n) is 4.61. The SMILES string of the molecule is S=C1C=CCC(c2ccccc2)N1c1ccccc1. The first kappa shape index (κ1) is 12.1. The zero-order chi connectivity index (χ0) is 13.1. The van der Waals surface area contributed by atoms with Crippen LogP contribution in [0.15, 0.2) is 72.8 Å². The number of benzene rings is 2. The van der Waals surface area contributed by atoms with Gasteiger partial charge in [0, 0.05) is 5.69 Å². The van der Waals surface area contributed by atoms with E-state index < -0.39 is 0 Å². The molecule has 2 aromatic rings. The van der Waals surface area contributed by atoms with Crippen LogP contribution in [-0.2, 0) is 0 Å². The van der Waals surface area contributed by atoms with Gasteiger partial charge in [-0.15, -0.1) is 0 Å². The summed E-state index contributed by atoms with van der Waals surface area (Å²) in [6.07, 6.45) is 5.18. The van der Waals surface area contributed by atoms with Gasteiger partial charge in [0.2, 0.25) is 0 Å². The van der Waals surface area contributed by atoms with Gasteiger partial charge in [0.15, 0.2) is 0 Å². The maximum Gasteiger partial charge on any atom is 0.106 e.